The number of benzene rings is 2. The van der Waals surface area contributed by atoms with Gasteiger partial charge in [0.2, 0.25) is 0 Å². The molecule has 1 amide bonds. The van der Waals surface area contributed by atoms with Crippen LogP contribution >= 0.6 is 11.6 Å². The van der Waals surface area contributed by atoms with Gasteiger partial charge in [-0.15, -0.1) is 0 Å². The van der Waals surface area contributed by atoms with Gasteiger partial charge in [0.1, 0.15) is 0 Å². The Hall–Kier alpha value is -3.24. The number of carbonyl (C=O) groups excluding carboxylic acids is 1. The summed E-state index contributed by atoms with van der Waals surface area (Å²) < 4.78 is 0. The molecule has 1 N–H and O–H groups in total. The predicted molar refractivity (Wildman–Crippen MR) is 116 cm³/mol. The smallest absolute Gasteiger partial charge is 0.257 e. The highest BCUT2D eigenvalue weighted by Gasteiger charge is 2.11. The molecule has 5 heteroatoms. The summed E-state index contributed by atoms with van der Waals surface area (Å²) in [6.07, 6.45) is 4.90. The van der Waals surface area contributed by atoms with Crippen molar-refractivity contribution in [2.24, 2.45) is 4.99 Å². The number of pyridine rings is 1. The molecule has 0 fully saturated rings. The van der Waals surface area contributed by atoms with Crippen LogP contribution in [0, 0.1) is 13.8 Å². The minimum atomic E-state index is -0.236. The quantitative estimate of drug-likeness (QED) is 0.551. The highest BCUT2D eigenvalue weighted by atomic mass is 35.5. The maximum Gasteiger partial charge on any atom is 0.257 e. The molecule has 1 aromatic heterocycles. The Bertz CT molecular complexity index is 1070. The number of nitrogens with zero attached hydrogens (tertiary/aromatic N) is 2. The van der Waals surface area contributed by atoms with Crippen LogP contribution in [-0.2, 0) is 0 Å². The Labute approximate surface area is 169 Å². The Morgan fingerprint density at radius 2 is 1.93 bits per heavy atom. The molecule has 1 heterocycles. The normalized spacial score (nSPS) is 11.2. The van der Waals surface area contributed by atoms with Gasteiger partial charge in [0, 0.05) is 23.6 Å². The van der Waals surface area contributed by atoms with Gasteiger partial charge in [0.05, 0.1) is 22.0 Å². The second-order valence-electron chi connectivity index (χ2n) is 6.39. The van der Waals surface area contributed by atoms with Gasteiger partial charge in [-0.1, -0.05) is 36.4 Å². The summed E-state index contributed by atoms with van der Waals surface area (Å²) in [6, 6.07) is 14.9. The molecule has 140 valence electrons. The molecular formula is C23H20ClN3O. The minimum Gasteiger partial charge on any atom is -0.322 e. The Morgan fingerprint density at radius 1 is 1.14 bits per heavy atom. The highest BCUT2D eigenvalue weighted by molar-refractivity contribution is 6.35. The molecule has 3 rings (SSSR count). The molecule has 2 aromatic carbocycles. The van der Waals surface area contributed by atoms with Gasteiger partial charge in [-0.2, -0.15) is 0 Å². The summed E-state index contributed by atoms with van der Waals surface area (Å²) in [4.78, 5) is 21.3. The van der Waals surface area contributed by atoms with Crippen molar-refractivity contribution >= 4 is 34.6 Å². The lowest BCUT2D eigenvalue weighted by Crippen LogP contribution is -2.13. The Morgan fingerprint density at radius 3 is 2.64 bits per heavy atom. The van der Waals surface area contributed by atoms with E-state index in [2.05, 4.69) is 21.9 Å². The summed E-state index contributed by atoms with van der Waals surface area (Å²) in [6.45, 7) is 7.75. The molecule has 0 saturated carbocycles. The second-order valence-corrected chi connectivity index (χ2v) is 6.79. The van der Waals surface area contributed by atoms with E-state index in [1.165, 1.54) is 6.20 Å². The lowest BCUT2D eigenvalue weighted by molar-refractivity contribution is 0.102. The van der Waals surface area contributed by atoms with Crippen molar-refractivity contribution in [1.82, 2.24) is 4.98 Å². The highest BCUT2D eigenvalue weighted by Crippen LogP contribution is 2.25. The Kier molecular flexibility index (Phi) is 6.02. The van der Waals surface area contributed by atoms with Gasteiger partial charge in [-0.25, -0.2) is 4.99 Å². The fourth-order valence-electron chi connectivity index (χ4n) is 2.72. The molecule has 0 saturated heterocycles. The van der Waals surface area contributed by atoms with E-state index in [1.54, 1.807) is 36.5 Å². The number of anilines is 1. The minimum absolute atomic E-state index is 0.236. The first-order valence-electron chi connectivity index (χ1n) is 8.77. The topological polar surface area (TPSA) is 54.4 Å². The van der Waals surface area contributed by atoms with Gasteiger partial charge in [-0.05, 0) is 61.4 Å². The van der Waals surface area contributed by atoms with Crippen LogP contribution in [0.25, 0.3) is 0 Å². The van der Waals surface area contributed by atoms with Crippen molar-refractivity contribution in [3.63, 3.8) is 0 Å². The molecule has 3 aromatic rings. The number of hydrogen-bond donors (Lipinski definition) is 1. The lowest BCUT2D eigenvalue weighted by atomic mass is 10.1. The number of carbonyl (C=O) groups is 1. The van der Waals surface area contributed by atoms with Gasteiger partial charge in [0.15, 0.2) is 0 Å². The van der Waals surface area contributed by atoms with E-state index in [-0.39, 0.29) is 5.91 Å². The molecule has 0 spiro atoms. The number of allylic oxidation sites excluding steroid dienone is 1. The van der Waals surface area contributed by atoms with E-state index in [9.17, 15) is 4.79 Å². The average molecular weight is 390 g/mol. The number of halogens is 1. The summed E-state index contributed by atoms with van der Waals surface area (Å²) in [5.74, 6) is -0.236. The van der Waals surface area contributed by atoms with Crippen molar-refractivity contribution in [3.05, 3.63) is 101 Å². The number of aryl methyl sites for hydroxylation is 2. The third kappa shape index (κ3) is 4.53. The first kappa shape index (κ1) is 19.5. The van der Waals surface area contributed by atoms with Crippen LogP contribution in [0.3, 0.4) is 0 Å². The van der Waals surface area contributed by atoms with Gasteiger partial charge in [-0.3, -0.25) is 9.78 Å². The van der Waals surface area contributed by atoms with Gasteiger partial charge in [0.25, 0.3) is 5.91 Å². The van der Waals surface area contributed by atoms with Crippen LogP contribution in [0.1, 0.15) is 27.0 Å². The monoisotopic (exact) mass is 389 g/mol. The molecule has 0 bridgehead atoms. The summed E-state index contributed by atoms with van der Waals surface area (Å²) in [5.41, 5.74) is 5.25. The summed E-state index contributed by atoms with van der Waals surface area (Å²) >= 11 is 6.40. The van der Waals surface area contributed by atoms with Crippen molar-refractivity contribution in [2.75, 3.05) is 5.32 Å². The zero-order chi connectivity index (χ0) is 20.1. The van der Waals surface area contributed by atoms with Crippen LogP contribution in [-0.4, -0.2) is 16.6 Å². The van der Waals surface area contributed by atoms with E-state index < -0.39 is 0 Å². The maximum absolute atomic E-state index is 12.5. The largest absolute Gasteiger partial charge is 0.322 e. The first-order valence-corrected chi connectivity index (χ1v) is 9.15. The van der Waals surface area contributed by atoms with Crippen LogP contribution in [0.15, 0.2) is 78.6 Å². The molecular weight excluding hydrogens is 370 g/mol. The summed E-state index contributed by atoms with van der Waals surface area (Å²) in [7, 11) is 0. The summed E-state index contributed by atoms with van der Waals surface area (Å²) in [5, 5.41) is 3.41. The number of nitrogens with one attached hydrogen (secondary N) is 1. The molecule has 0 unspecified atom stereocenters. The van der Waals surface area contributed by atoms with E-state index in [0.717, 1.165) is 16.8 Å². The van der Waals surface area contributed by atoms with E-state index in [0.29, 0.717) is 27.5 Å². The van der Waals surface area contributed by atoms with E-state index in [1.807, 2.05) is 38.1 Å². The average Bonchev–Trinajstić information content (AvgIpc) is 2.69. The maximum atomic E-state index is 12.5. The lowest BCUT2D eigenvalue weighted by Gasteiger charge is -2.10. The van der Waals surface area contributed by atoms with E-state index in [4.69, 9.17) is 11.6 Å². The molecule has 4 nitrogen and oxygen atoms in total. The fourth-order valence-corrected chi connectivity index (χ4v) is 2.93. The zero-order valence-corrected chi connectivity index (χ0v) is 16.5. The molecule has 0 aliphatic rings. The molecule has 0 radical (unpaired) electrons. The van der Waals surface area contributed by atoms with Crippen LogP contribution in [0.4, 0.5) is 11.4 Å². The van der Waals surface area contributed by atoms with Gasteiger partial charge >= 0.3 is 0 Å². The third-order valence-electron chi connectivity index (χ3n) is 4.19. The predicted octanol–water partition coefficient (Wildman–Crippen LogP) is 5.91. The van der Waals surface area contributed by atoms with Crippen molar-refractivity contribution in [3.8, 4) is 0 Å². The zero-order valence-electron chi connectivity index (χ0n) is 15.7. The van der Waals surface area contributed by atoms with E-state index >= 15 is 0 Å². The van der Waals surface area contributed by atoms with Crippen LogP contribution in [0.2, 0.25) is 5.02 Å². The first-order chi connectivity index (χ1) is 13.5. The van der Waals surface area contributed by atoms with Crippen LogP contribution in [0.5, 0.6) is 0 Å². The van der Waals surface area contributed by atoms with Crippen molar-refractivity contribution < 1.29 is 4.79 Å². The second kappa shape index (κ2) is 8.63. The number of aromatic nitrogens is 1. The SMILES string of the molecule is C=CC(=Nc1ccccc1C)c1cc(NC(=O)c2cncc(C)c2)ccc1Cl. The standard InChI is InChI=1S/C23H20ClN3O/c1-4-21(27-22-8-6-5-7-16(22)3)19-12-18(9-10-20(19)24)26-23(28)17-11-15(2)13-25-14-17/h4-14H,1H2,2-3H3,(H,26,28). The number of hydrogen-bond acceptors (Lipinski definition) is 3. The third-order valence-corrected chi connectivity index (χ3v) is 4.52. The molecule has 28 heavy (non-hydrogen) atoms. The Balaban J connectivity index is 1.93. The van der Waals surface area contributed by atoms with Gasteiger partial charge < -0.3 is 5.32 Å². The molecule has 0 aliphatic carbocycles. The van der Waals surface area contributed by atoms with Crippen LogP contribution < -0.4 is 5.32 Å². The molecule has 0 aliphatic heterocycles. The fraction of sp³-hybridized carbons (Fsp3) is 0.0870. The number of amides is 1. The number of rotatable bonds is 5. The number of aliphatic imine (C=N–C) groups is 1. The number of para-hydroxylation sites is 1. The van der Waals surface area contributed by atoms with Crippen molar-refractivity contribution in [2.45, 2.75) is 13.8 Å². The van der Waals surface area contributed by atoms with Crippen molar-refractivity contribution in [1.29, 1.82) is 0 Å². The molecule has 0 atom stereocenters.